The van der Waals surface area contributed by atoms with E-state index in [4.69, 9.17) is 0 Å². The molecule has 20 heavy (non-hydrogen) atoms. The van der Waals surface area contributed by atoms with E-state index < -0.39 is 0 Å². The van der Waals surface area contributed by atoms with Gasteiger partial charge in [0.15, 0.2) is 5.13 Å². The molecule has 1 aliphatic rings. The van der Waals surface area contributed by atoms with Gasteiger partial charge in [0.05, 0.1) is 17.8 Å². The number of carbonyl (C=O) groups is 1. The highest BCUT2D eigenvalue weighted by molar-refractivity contribution is 7.13. The molecule has 0 atom stereocenters. The van der Waals surface area contributed by atoms with E-state index in [1.54, 1.807) is 0 Å². The van der Waals surface area contributed by atoms with Gasteiger partial charge in [-0.15, -0.1) is 11.3 Å². The number of hydrogen-bond acceptors (Lipinski definition) is 4. The Hall–Kier alpha value is -1.69. The zero-order valence-corrected chi connectivity index (χ0v) is 12.4. The van der Waals surface area contributed by atoms with Crippen molar-refractivity contribution in [3.8, 4) is 0 Å². The number of amides is 1. The lowest BCUT2D eigenvalue weighted by molar-refractivity contribution is -0.115. The van der Waals surface area contributed by atoms with Crippen molar-refractivity contribution < 1.29 is 4.79 Å². The second kappa shape index (κ2) is 5.75. The van der Waals surface area contributed by atoms with E-state index in [-0.39, 0.29) is 5.91 Å². The van der Waals surface area contributed by atoms with Crippen LogP contribution in [0.3, 0.4) is 0 Å². The van der Waals surface area contributed by atoms with Crippen LogP contribution in [0.25, 0.3) is 0 Å². The third-order valence-electron chi connectivity index (χ3n) is 3.46. The van der Waals surface area contributed by atoms with Gasteiger partial charge in [0, 0.05) is 24.5 Å². The Labute approximate surface area is 122 Å². The molecule has 0 fully saturated rings. The minimum absolute atomic E-state index is 0.0440. The molecule has 6 heteroatoms. The number of aromatic nitrogens is 3. The molecule has 3 rings (SSSR count). The largest absolute Gasteiger partial charge is 0.335 e. The summed E-state index contributed by atoms with van der Waals surface area (Å²) in [6.45, 7) is 3.08. The van der Waals surface area contributed by atoms with Crippen LogP contribution in [0, 0.1) is 0 Å². The van der Waals surface area contributed by atoms with Crippen molar-refractivity contribution in [1.82, 2.24) is 14.5 Å². The number of nitrogens with one attached hydrogen (secondary N) is 1. The van der Waals surface area contributed by atoms with Crippen LogP contribution >= 0.6 is 11.3 Å². The molecule has 0 aromatic carbocycles. The molecule has 0 saturated heterocycles. The summed E-state index contributed by atoms with van der Waals surface area (Å²) in [5.74, 6) is 1.07. The van der Waals surface area contributed by atoms with Gasteiger partial charge < -0.3 is 9.88 Å². The fourth-order valence-corrected chi connectivity index (χ4v) is 3.22. The first-order valence-corrected chi connectivity index (χ1v) is 7.91. The van der Waals surface area contributed by atoms with Gasteiger partial charge >= 0.3 is 0 Å². The predicted molar refractivity (Wildman–Crippen MR) is 79.0 cm³/mol. The van der Waals surface area contributed by atoms with Gasteiger partial charge in [0.25, 0.3) is 0 Å². The Bertz CT molecular complexity index is 593. The highest BCUT2D eigenvalue weighted by Gasteiger charge is 2.14. The average molecular weight is 290 g/mol. The molecule has 2 aromatic rings. The van der Waals surface area contributed by atoms with E-state index in [1.165, 1.54) is 24.2 Å². The Kier molecular flexibility index (Phi) is 3.82. The Morgan fingerprint density at radius 2 is 2.30 bits per heavy atom. The van der Waals surface area contributed by atoms with Crippen LogP contribution in [0.5, 0.6) is 0 Å². The van der Waals surface area contributed by atoms with E-state index in [9.17, 15) is 4.79 Å². The van der Waals surface area contributed by atoms with Crippen LogP contribution in [0.4, 0.5) is 5.13 Å². The molecule has 0 aliphatic carbocycles. The van der Waals surface area contributed by atoms with Gasteiger partial charge in [0.1, 0.15) is 5.82 Å². The number of hydrogen-bond donors (Lipinski definition) is 1. The summed E-state index contributed by atoms with van der Waals surface area (Å²) >= 11 is 1.47. The maximum Gasteiger partial charge on any atom is 0.232 e. The molecule has 1 aliphatic heterocycles. The topological polar surface area (TPSA) is 59.8 Å². The quantitative estimate of drug-likeness (QED) is 0.940. The van der Waals surface area contributed by atoms with Crippen LogP contribution in [-0.4, -0.2) is 20.4 Å². The standard InChI is InChI=1S/C14H18N4OS/c1-2-10-9-20-14(16-10)17-13(19)7-11-8-18-6-4-3-5-12(18)15-11/h8-9H,2-7H2,1H3,(H,16,17,19). The normalized spacial score (nSPS) is 14.1. The molecule has 3 heterocycles. The number of nitrogens with zero attached hydrogens (tertiary/aromatic N) is 3. The van der Waals surface area contributed by atoms with Gasteiger partial charge in [-0.1, -0.05) is 6.92 Å². The molecule has 106 valence electrons. The van der Waals surface area contributed by atoms with Crippen LogP contribution in [-0.2, 0) is 30.6 Å². The summed E-state index contributed by atoms with van der Waals surface area (Å²) in [5, 5.41) is 5.50. The first kappa shape index (κ1) is 13.3. The predicted octanol–water partition coefficient (Wildman–Crippen LogP) is 2.42. The van der Waals surface area contributed by atoms with Crippen molar-refractivity contribution in [3.05, 3.63) is 28.8 Å². The lowest BCUT2D eigenvalue weighted by atomic mass is 10.2. The summed E-state index contributed by atoms with van der Waals surface area (Å²) in [5.41, 5.74) is 1.87. The number of thiazole rings is 1. The van der Waals surface area contributed by atoms with Gasteiger partial charge in [-0.3, -0.25) is 4.79 Å². The summed E-state index contributed by atoms with van der Waals surface area (Å²) in [6, 6.07) is 0. The molecular formula is C14H18N4OS. The van der Waals surface area contributed by atoms with E-state index in [1.807, 2.05) is 11.6 Å². The van der Waals surface area contributed by atoms with E-state index in [2.05, 4.69) is 26.8 Å². The van der Waals surface area contributed by atoms with Crippen molar-refractivity contribution >= 4 is 22.4 Å². The highest BCUT2D eigenvalue weighted by atomic mass is 32.1. The summed E-state index contributed by atoms with van der Waals surface area (Å²) < 4.78 is 2.17. The first-order chi connectivity index (χ1) is 9.74. The number of carbonyl (C=O) groups excluding carboxylic acids is 1. The molecule has 0 spiro atoms. The number of rotatable bonds is 4. The molecule has 5 nitrogen and oxygen atoms in total. The Morgan fingerprint density at radius 1 is 1.40 bits per heavy atom. The van der Waals surface area contributed by atoms with E-state index in [0.717, 1.165) is 36.6 Å². The third-order valence-corrected chi connectivity index (χ3v) is 4.27. The molecule has 2 aromatic heterocycles. The van der Waals surface area contributed by atoms with Crippen molar-refractivity contribution in [2.75, 3.05) is 5.32 Å². The van der Waals surface area contributed by atoms with Crippen LogP contribution in [0.15, 0.2) is 11.6 Å². The summed E-state index contributed by atoms with van der Waals surface area (Å²) in [6.07, 6.45) is 6.64. The Morgan fingerprint density at radius 3 is 3.05 bits per heavy atom. The molecule has 0 radical (unpaired) electrons. The SMILES string of the molecule is CCc1csc(NC(=O)Cc2cn3c(n2)CCCC3)n1. The van der Waals surface area contributed by atoms with Crippen LogP contribution in [0.1, 0.15) is 37.0 Å². The molecule has 0 saturated carbocycles. The molecule has 0 unspecified atom stereocenters. The smallest absolute Gasteiger partial charge is 0.232 e. The van der Waals surface area contributed by atoms with E-state index >= 15 is 0 Å². The van der Waals surface area contributed by atoms with Gasteiger partial charge in [-0.05, 0) is 19.3 Å². The Balaban J connectivity index is 1.62. The highest BCUT2D eigenvalue weighted by Crippen LogP contribution is 2.17. The lowest BCUT2D eigenvalue weighted by Crippen LogP contribution is -2.14. The molecule has 1 N–H and O–H groups in total. The van der Waals surface area contributed by atoms with E-state index in [0.29, 0.717) is 11.6 Å². The second-order valence-electron chi connectivity index (χ2n) is 5.02. The molecule has 1 amide bonds. The number of imidazole rings is 1. The van der Waals surface area contributed by atoms with Crippen LogP contribution < -0.4 is 5.32 Å². The summed E-state index contributed by atoms with van der Waals surface area (Å²) in [7, 11) is 0. The molecule has 0 bridgehead atoms. The number of anilines is 1. The third kappa shape index (κ3) is 2.90. The first-order valence-electron chi connectivity index (χ1n) is 7.04. The van der Waals surface area contributed by atoms with Crippen molar-refractivity contribution in [3.63, 3.8) is 0 Å². The zero-order valence-electron chi connectivity index (χ0n) is 11.6. The van der Waals surface area contributed by atoms with Crippen molar-refractivity contribution in [2.24, 2.45) is 0 Å². The zero-order chi connectivity index (χ0) is 13.9. The van der Waals surface area contributed by atoms with Crippen molar-refractivity contribution in [2.45, 2.75) is 45.6 Å². The maximum absolute atomic E-state index is 12.0. The van der Waals surface area contributed by atoms with Crippen molar-refractivity contribution in [1.29, 1.82) is 0 Å². The minimum Gasteiger partial charge on any atom is -0.335 e. The fraction of sp³-hybridized carbons (Fsp3) is 0.500. The maximum atomic E-state index is 12.0. The number of fused-ring (bicyclic) bond motifs is 1. The van der Waals surface area contributed by atoms with Gasteiger partial charge in [-0.2, -0.15) is 0 Å². The number of aryl methyl sites for hydroxylation is 3. The average Bonchev–Trinajstić information content (AvgIpc) is 3.04. The van der Waals surface area contributed by atoms with Gasteiger partial charge in [-0.25, -0.2) is 9.97 Å². The molecular weight excluding hydrogens is 272 g/mol. The minimum atomic E-state index is -0.0440. The van der Waals surface area contributed by atoms with Gasteiger partial charge in [0.2, 0.25) is 5.91 Å². The fourth-order valence-electron chi connectivity index (χ4n) is 2.41. The lowest BCUT2D eigenvalue weighted by Gasteiger charge is -2.11. The summed E-state index contributed by atoms with van der Waals surface area (Å²) in [4.78, 5) is 20.9. The monoisotopic (exact) mass is 290 g/mol. The van der Waals surface area contributed by atoms with Crippen LogP contribution in [0.2, 0.25) is 0 Å². The second-order valence-corrected chi connectivity index (χ2v) is 5.88.